The van der Waals surface area contributed by atoms with Gasteiger partial charge in [-0.3, -0.25) is 4.90 Å². The van der Waals surface area contributed by atoms with Gasteiger partial charge in [-0.2, -0.15) is 0 Å². The van der Waals surface area contributed by atoms with Crippen LogP contribution in [-0.2, 0) is 6.54 Å². The van der Waals surface area contributed by atoms with Crippen molar-refractivity contribution in [2.45, 2.75) is 33.2 Å². The summed E-state index contributed by atoms with van der Waals surface area (Å²) in [5.74, 6) is 2.60. The number of nitrogens with zero attached hydrogens (tertiary/aromatic N) is 2. The van der Waals surface area contributed by atoms with Crippen molar-refractivity contribution in [3.63, 3.8) is 0 Å². The summed E-state index contributed by atoms with van der Waals surface area (Å²) < 4.78 is 5.79. The molecule has 2 aromatic heterocycles. The number of aromatic nitrogens is 1. The average Bonchev–Trinajstić information content (AvgIpc) is 3.03. The Bertz CT molecular complexity index is 524. The molecule has 3 rings (SSSR count). The maximum Gasteiger partial charge on any atom is 0.236 e. The van der Waals surface area contributed by atoms with Gasteiger partial charge in [-0.25, -0.2) is 4.98 Å². The molecular formula is C15H20N2OS. The number of hydrogen-bond donors (Lipinski definition) is 0. The van der Waals surface area contributed by atoms with Gasteiger partial charge in [0.15, 0.2) is 0 Å². The average molecular weight is 276 g/mol. The third-order valence-electron chi connectivity index (χ3n) is 3.87. The molecule has 0 unspecified atom stereocenters. The largest absolute Gasteiger partial charge is 0.440 e. The molecule has 1 aliphatic heterocycles. The zero-order valence-corrected chi connectivity index (χ0v) is 12.4. The molecule has 3 heterocycles. The van der Waals surface area contributed by atoms with Crippen LogP contribution in [0.15, 0.2) is 21.9 Å². The number of likely N-dealkylation sites (tertiary alicyclic amines) is 1. The van der Waals surface area contributed by atoms with Crippen molar-refractivity contribution in [2.24, 2.45) is 5.92 Å². The van der Waals surface area contributed by atoms with Crippen LogP contribution >= 0.6 is 11.3 Å². The molecule has 0 aromatic carbocycles. The molecule has 0 saturated carbocycles. The molecule has 2 aromatic rings. The van der Waals surface area contributed by atoms with E-state index in [1.165, 1.54) is 25.9 Å². The van der Waals surface area contributed by atoms with E-state index < -0.39 is 0 Å². The molecule has 0 bridgehead atoms. The zero-order chi connectivity index (χ0) is 13.2. The Hall–Kier alpha value is -1.13. The van der Waals surface area contributed by atoms with Crippen LogP contribution < -0.4 is 0 Å². The van der Waals surface area contributed by atoms with Gasteiger partial charge in [0.25, 0.3) is 0 Å². The summed E-state index contributed by atoms with van der Waals surface area (Å²) in [6.07, 6.45) is 2.60. The Balaban J connectivity index is 1.71. The quantitative estimate of drug-likeness (QED) is 0.850. The van der Waals surface area contributed by atoms with E-state index in [4.69, 9.17) is 4.42 Å². The molecule has 102 valence electrons. The minimum atomic E-state index is 0.771. The number of oxazole rings is 1. The Morgan fingerprint density at radius 3 is 2.89 bits per heavy atom. The maximum absolute atomic E-state index is 5.79. The Kier molecular flexibility index (Phi) is 3.71. The fourth-order valence-electron chi connectivity index (χ4n) is 2.51. The lowest BCUT2D eigenvalue weighted by molar-refractivity contribution is 0.183. The molecule has 3 nitrogen and oxygen atoms in total. The number of thiophene rings is 1. The minimum absolute atomic E-state index is 0.771. The molecule has 0 N–H and O–H groups in total. The molecule has 1 fully saturated rings. The molecule has 0 atom stereocenters. The van der Waals surface area contributed by atoms with Gasteiger partial charge < -0.3 is 4.42 Å². The van der Waals surface area contributed by atoms with E-state index in [0.29, 0.717) is 0 Å². The summed E-state index contributed by atoms with van der Waals surface area (Å²) in [6, 6.07) is 4.09. The number of aryl methyl sites for hydroxylation is 1. The summed E-state index contributed by atoms with van der Waals surface area (Å²) in [5, 5.41) is 2.06. The second-order valence-electron chi connectivity index (χ2n) is 5.46. The summed E-state index contributed by atoms with van der Waals surface area (Å²) in [4.78, 5) is 8.27. The smallest absolute Gasteiger partial charge is 0.236 e. The van der Waals surface area contributed by atoms with Crippen LogP contribution in [0.3, 0.4) is 0 Å². The van der Waals surface area contributed by atoms with Gasteiger partial charge in [0.05, 0.1) is 10.6 Å². The lowest BCUT2D eigenvalue weighted by atomic mass is 9.99. The summed E-state index contributed by atoms with van der Waals surface area (Å²) >= 11 is 1.67. The van der Waals surface area contributed by atoms with Crippen LogP contribution in [0.5, 0.6) is 0 Å². The highest BCUT2D eigenvalue weighted by Crippen LogP contribution is 2.27. The standard InChI is InChI=1S/C15H20N2OS/c1-11-5-7-17(8-6-11)10-13-12(2)18-15(16-13)14-4-3-9-19-14/h3-4,9,11H,5-8,10H2,1-2H3. The minimum Gasteiger partial charge on any atom is -0.440 e. The fourth-order valence-corrected chi connectivity index (χ4v) is 3.16. The summed E-state index contributed by atoms with van der Waals surface area (Å²) in [5.41, 5.74) is 1.10. The van der Waals surface area contributed by atoms with Gasteiger partial charge in [0, 0.05) is 6.54 Å². The van der Waals surface area contributed by atoms with E-state index in [2.05, 4.69) is 28.3 Å². The molecule has 1 saturated heterocycles. The van der Waals surface area contributed by atoms with E-state index in [1.54, 1.807) is 11.3 Å². The predicted molar refractivity (Wildman–Crippen MR) is 78.2 cm³/mol. The molecule has 0 spiro atoms. The summed E-state index contributed by atoms with van der Waals surface area (Å²) in [7, 11) is 0. The van der Waals surface area contributed by atoms with Crippen molar-refractivity contribution in [2.75, 3.05) is 13.1 Å². The lowest BCUT2D eigenvalue weighted by Crippen LogP contribution is -2.32. The molecule has 1 aliphatic rings. The van der Waals surface area contributed by atoms with Gasteiger partial charge in [0.2, 0.25) is 5.89 Å². The number of rotatable bonds is 3. The van der Waals surface area contributed by atoms with Crippen molar-refractivity contribution in [1.82, 2.24) is 9.88 Å². The van der Waals surface area contributed by atoms with Crippen LogP contribution in [0.25, 0.3) is 10.8 Å². The Labute approximate surface area is 118 Å². The highest BCUT2D eigenvalue weighted by molar-refractivity contribution is 7.13. The maximum atomic E-state index is 5.79. The first-order valence-corrected chi connectivity index (χ1v) is 7.83. The Morgan fingerprint density at radius 2 is 2.21 bits per heavy atom. The van der Waals surface area contributed by atoms with E-state index in [0.717, 1.165) is 34.7 Å². The molecule has 0 aliphatic carbocycles. The SMILES string of the molecule is Cc1oc(-c2cccs2)nc1CN1CCC(C)CC1. The lowest BCUT2D eigenvalue weighted by Gasteiger charge is -2.29. The van der Waals surface area contributed by atoms with Crippen LogP contribution in [-0.4, -0.2) is 23.0 Å². The van der Waals surface area contributed by atoms with Crippen LogP contribution in [0.4, 0.5) is 0 Å². The topological polar surface area (TPSA) is 29.3 Å². The molecule has 0 radical (unpaired) electrons. The normalized spacial score (nSPS) is 18.0. The second-order valence-corrected chi connectivity index (χ2v) is 6.41. The highest BCUT2D eigenvalue weighted by atomic mass is 32.1. The zero-order valence-electron chi connectivity index (χ0n) is 11.6. The molecule has 19 heavy (non-hydrogen) atoms. The Morgan fingerprint density at radius 1 is 1.42 bits per heavy atom. The van der Waals surface area contributed by atoms with Crippen molar-refractivity contribution in [3.8, 4) is 10.8 Å². The van der Waals surface area contributed by atoms with E-state index in [1.807, 2.05) is 13.0 Å². The first-order valence-electron chi connectivity index (χ1n) is 6.95. The monoisotopic (exact) mass is 276 g/mol. The van der Waals surface area contributed by atoms with Crippen LogP contribution in [0, 0.1) is 12.8 Å². The van der Waals surface area contributed by atoms with E-state index in [-0.39, 0.29) is 0 Å². The third-order valence-corrected chi connectivity index (χ3v) is 4.73. The van der Waals surface area contributed by atoms with Crippen molar-refractivity contribution in [3.05, 3.63) is 29.0 Å². The van der Waals surface area contributed by atoms with Gasteiger partial charge in [-0.1, -0.05) is 13.0 Å². The number of hydrogen-bond acceptors (Lipinski definition) is 4. The van der Waals surface area contributed by atoms with Crippen LogP contribution in [0.1, 0.15) is 31.2 Å². The molecular weight excluding hydrogens is 256 g/mol. The van der Waals surface area contributed by atoms with Crippen molar-refractivity contribution in [1.29, 1.82) is 0 Å². The van der Waals surface area contributed by atoms with E-state index >= 15 is 0 Å². The third kappa shape index (κ3) is 2.90. The van der Waals surface area contributed by atoms with Gasteiger partial charge in [0.1, 0.15) is 5.76 Å². The molecule has 0 amide bonds. The van der Waals surface area contributed by atoms with Crippen molar-refractivity contribution >= 4 is 11.3 Å². The van der Waals surface area contributed by atoms with E-state index in [9.17, 15) is 0 Å². The van der Waals surface area contributed by atoms with Crippen molar-refractivity contribution < 1.29 is 4.42 Å². The first kappa shape index (κ1) is 12.9. The van der Waals surface area contributed by atoms with Gasteiger partial charge in [-0.15, -0.1) is 11.3 Å². The number of piperidine rings is 1. The first-order chi connectivity index (χ1) is 9.22. The summed E-state index contributed by atoms with van der Waals surface area (Å²) in [6.45, 7) is 7.65. The predicted octanol–water partition coefficient (Wildman–Crippen LogP) is 3.94. The van der Waals surface area contributed by atoms with Gasteiger partial charge in [-0.05, 0) is 50.2 Å². The van der Waals surface area contributed by atoms with Gasteiger partial charge >= 0.3 is 0 Å². The fraction of sp³-hybridized carbons (Fsp3) is 0.533. The van der Waals surface area contributed by atoms with Crippen LogP contribution in [0.2, 0.25) is 0 Å². The molecule has 4 heteroatoms. The highest BCUT2D eigenvalue weighted by Gasteiger charge is 2.19. The second kappa shape index (κ2) is 5.47.